The van der Waals surface area contributed by atoms with E-state index in [9.17, 15) is 4.79 Å². The van der Waals surface area contributed by atoms with Crippen molar-refractivity contribution in [2.45, 2.75) is 26.3 Å². The molecule has 5 nitrogen and oxygen atoms in total. The van der Waals surface area contributed by atoms with Crippen molar-refractivity contribution in [3.63, 3.8) is 0 Å². The molecule has 0 radical (unpaired) electrons. The lowest BCUT2D eigenvalue weighted by atomic mass is 9.98. The number of guanidine groups is 1. The molecule has 1 N–H and O–H groups in total. The zero-order chi connectivity index (χ0) is 16.7. The maximum Gasteiger partial charge on any atom is 0.310 e. The van der Waals surface area contributed by atoms with Gasteiger partial charge in [-0.3, -0.25) is 9.79 Å². The fourth-order valence-corrected chi connectivity index (χ4v) is 3.00. The second-order valence-corrected chi connectivity index (χ2v) is 6.00. The molecular weight excluding hydrogens is 314 g/mol. The molecular formula is C17H24ClN3O2. The smallest absolute Gasteiger partial charge is 0.310 e. The molecule has 1 saturated heterocycles. The molecule has 6 heteroatoms. The van der Waals surface area contributed by atoms with Crippen LogP contribution >= 0.6 is 11.6 Å². The number of carbonyl (C=O) groups excluding carboxylic acids is 1. The van der Waals surface area contributed by atoms with E-state index in [-0.39, 0.29) is 11.9 Å². The normalized spacial score (nSPS) is 18.7. The Morgan fingerprint density at radius 2 is 2.35 bits per heavy atom. The summed E-state index contributed by atoms with van der Waals surface area (Å²) < 4.78 is 5.14. The van der Waals surface area contributed by atoms with Gasteiger partial charge in [-0.15, -0.1) is 0 Å². The summed E-state index contributed by atoms with van der Waals surface area (Å²) >= 11 is 6.01. The first-order valence-electron chi connectivity index (χ1n) is 8.00. The van der Waals surface area contributed by atoms with E-state index in [1.165, 1.54) is 0 Å². The molecule has 2 rings (SSSR count). The van der Waals surface area contributed by atoms with Crippen molar-refractivity contribution in [1.29, 1.82) is 0 Å². The molecule has 0 unspecified atom stereocenters. The number of ether oxygens (including phenoxy) is 1. The van der Waals surface area contributed by atoms with E-state index < -0.39 is 0 Å². The Bertz CT molecular complexity index is 563. The number of benzene rings is 1. The summed E-state index contributed by atoms with van der Waals surface area (Å²) in [5.74, 6) is 0.620. The molecule has 1 fully saturated rings. The quantitative estimate of drug-likeness (QED) is 0.521. The molecule has 1 aliphatic heterocycles. The highest BCUT2D eigenvalue weighted by Crippen LogP contribution is 2.18. The van der Waals surface area contributed by atoms with Crippen molar-refractivity contribution in [3.05, 3.63) is 34.9 Å². The monoisotopic (exact) mass is 337 g/mol. The van der Waals surface area contributed by atoms with Gasteiger partial charge < -0.3 is 15.0 Å². The van der Waals surface area contributed by atoms with Crippen molar-refractivity contribution >= 4 is 23.5 Å². The molecule has 1 aromatic rings. The van der Waals surface area contributed by atoms with Gasteiger partial charge in [0, 0.05) is 31.7 Å². The van der Waals surface area contributed by atoms with Gasteiger partial charge in [0.15, 0.2) is 5.96 Å². The second-order valence-electron chi connectivity index (χ2n) is 5.57. The summed E-state index contributed by atoms with van der Waals surface area (Å²) in [6.07, 6.45) is 1.84. The average molecular weight is 338 g/mol. The van der Waals surface area contributed by atoms with Crippen molar-refractivity contribution in [2.24, 2.45) is 10.9 Å². The summed E-state index contributed by atoms with van der Waals surface area (Å²) in [5.41, 5.74) is 1.10. The number of piperidine rings is 1. The summed E-state index contributed by atoms with van der Waals surface area (Å²) in [5, 5.41) is 4.06. The molecule has 126 valence electrons. The molecule has 0 saturated carbocycles. The van der Waals surface area contributed by atoms with Crippen LogP contribution in [0.15, 0.2) is 29.3 Å². The number of carbonyl (C=O) groups is 1. The van der Waals surface area contributed by atoms with Crippen LogP contribution in [-0.4, -0.2) is 43.6 Å². The SMILES string of the molecule is CCOC(=O)[C@H]1CCCN(C(=NC)NCc2cccc(Cl)c2)C1. The number of aliphatic imine (C=N–C) groups is 1. The average Bonchev–Trinajstić information content (AvgIpc) is 2.56. The fraction of sp³-hybridized carbons (Fsp3) is 0.529. The minimum atomic E-state index is -0.109. The summed E-state index contributed by atoms with van der Waals surface area (Å²) in [4.78, 5) is 18.4. The van der Waals surface area contributed by atoms with Gasteiger partial charge in [-0.1, -0.05) is 23.7 Å². The Labute approximate surface area is 142 Å². The van der Waals surface area contributed by atoms with Crippen LogP contribution < -0.4 is 5.32 Å². The van der Waals surface area contributed by atoms with Gasteiger partial charge in [0.2, 0.25) is 0 Å². The van der Waals surface area contributed by atoms with Crippen molar-refractivity contribution < 1.29 is 9.53 Å². The molecule has 1 heterocycles. The lowest BCUT2D eigenvalue weighted by Gasteiger charge is -2.34. The lowest BCUT2D eigenvalue weighted by Crippen LogP contribution is -2.48. The minimum Gasteiger partial charge on any atom is -0.466 e. The molecule has 0 amide bonds. The molecule has 0 aliphatic carbocycles. The number of nitrogens with one attached hydrogen (secondary N) is 1. The van der Waals surface area contributed by atoms with E-state index in [1.54, 1.807) is 7.05 Å². The highest BCUT2D eigenvalue weighted by Gasteiger charge is 2.28. The predicted molar refractivity (Wildman–Crippen MR) is 92.6 cm³/mol. The summed E-state index contributed by atoms with van der Waals surface area (Å²) in [7, 11) is 1.76. The molecule has 1 aliphatic rings. The van der Waals surface area contributed by atoms with Gasteiger partial charge in [-0.05, 0) is 37.5 Å². The van der Waals surface area contributed by atoms with Crippen LogP contribution in [0.1, 0.15) is 25.3 Å². The summed E-state index contributed by atoms with van der Waals surface area (Å²) in [6.45, 7) is 4.45. The zero-order valence-electron chi connectivity index (χ0n) is 13.7. The number of esters is 1. The highest BCUT2D eigenvalue weighted by molar-refractivity contribution is 6.30. The molecule has 23 heavy (non-hydrogen) atoms. The Hall–Kier alpha value is -1.75. The molecule has 1 atom stereocenters. The predicted octanol–water partition coefficient (Wildman–Crippen LogP) is 2.69. The van der Waals surface area contributed by atoms with E-state index in [0.29, 0.717) is 19.7 Å². The Morgan fingerprint density at radius 3 is 3.04 bits per heavy atom. The van der Waals surface area contributed by atoms with Crippen molar-refractivity contribution in [3.8, 4) is 0 Å². The fourth-order valence-electron chi connectivity index (χ4n) is 2.78. The van der Waals surface area contributed by atoms with Gasteiger partial charge in [0.05, 0.1) is 12.5 Å². The first-order chi connectivity index (χ1) is 11.1. The third-order valence-electron chi connectivity index (χ3n) is 3.89. The van der Waals surface area contributed by atoms with Crippen molar-refractivity contribution in [2.75, 3.05) is 26.7 Å². The van der Waals surface area contributed by atoms with E-state index in [1.807, 2.05) is 31.2 Å². The van der Waals surface area contributed by atoms with Crippen LogP contribution in [-0.2, 0) is 16.1 Å². The maximum absolute atomic E-state index is 11.9. The van der Waals surface area contributed by atoms with Crippen molar-refractivity contribution in [1.82, 2.24) is 10.2 Å². The van der Waals surface area contributed by atoms with E-state index >= 15 is 0 Å². The van der Waals surface area contributed by atoms with Gasteiger partial charge in [0.25, 0.3) is 0 Å². The minimum absolute atomic E-state index is 0.0755. The highest BCUT2D eigenvalue weighted by atomic mass is 35.5. The van der Waals surface area contributed by atoms with E-state index in [4.69, 9.17) is 16.3 Å². The summed E-state index contributed by atoms with van der Waals surface area (Å²) in [6, 6.07) is 7.73. The van der Waals surface area contributed by atoms with Gasteiger partial charge in [-0.2, -0.15) is 0 Å². The van der Waals surface area contributed by atoms with Gasteiger partial charge in [0.1, 0.15) is 0 Å². The van der Waals surface area contributed by atoms with Crippen LogP contribution in [0.2, 0.25) is 5.02 Å². The first kappa shape index (κ1) is 17.6. The zero-order valence-corrected chi connectivity index (χ0v) is 14.5. The molecule has 0 spiro atoms. The first-order valence-corrected chi connectivity index (χ1v) is 8.38. The molecule has 0 aromatic heterocycles. The van der Waals surface area contributed by atoms with Crippen LogP contribution in [0.4, 0.5) is 0 Å². The van der Waals surface area contributed by atoms with Crippen LogP contribution in [0, 0.1) is 5.92 Å². The standard InChI is InChI=1S/C17H24ClN3O2/c1-3-23-16(22)14-7-5-9-21(12-14)17(19-2)20-11-13-6-4-8-15(18)10-13/h4,6,8,10,14H,3,5,7,9,11-12H2,1-2H3,(H,19,20)/t14-/m0/s1. The largest absolute Gasteiger partial charge is 0.466 e. The Balaban J connectivity index is 1.93. The topological polar surface area (TPSA) is 53.9 Å². The molecule has 0 bridgehead atoms. The second kappa shape index (κ2) is 8.77. The lowest BCUT2D eigenvalue weighted by molar-refractivity contribution is -0.149. The van der Waals surface area contributed by atoms with E-state index in [2.05, 4.69) is 15.2 Å². The number of halogens is 1. The number of rotatable bonds is 4. The maximum atomic E-state index is 11.9. The number of hydrogen-bond acceptors (Lipinski definition) is 3. The number of hydrogen-bond donors (Lipinski definition) is 1. The van der Waals surface area contributed by atoms with Gasteiger partial charge in [-0.25, -0.2) is 0 Å². The third-order valence-corrected chi connectivity index (χ3v) is 4.13. The van der Waals surface area contributed by atoms with Crippen LogP contribution in [0.5, 0.6) is 0 Å². The van der Waals surface area contributed by atoms with E-state index in [0.717, 1.165) is 35.9 Å². The Kier molecular flexibility index (Phi) is 6.71. The number of nitrogens with zero attached hydrogens (tertiary/aromatic N) is 2. The van der Waals surface area contributed by atoms with Gasteiger partial charge >= 0.3 is 5.97 Å². The van der Waals surface area contributed by atoms with Crippen LogP contribution in [0.3, 0.4) is 0 Å². The number of likely N-dealkylation sites (tertiary alicyclic amines) is 1. The third kappa shape index (κ3) is 5.13. The Morgan fingerprint density at radius 1 is 1.52 bits per heavy atom. The molecule has 1 aromatic carbocycles. The van der Waals surface area contributed by atoms with Crippen LogP contribution in [0.25, 0.3) is 0 Å².